The molecule has 1 aliphatic carbocycles. The van der Waals surface area contributed by atoms with Gasteiger partial charge in [-0.1, -0.05) is 0 Å². The molecule has 0 saturated heterocycles. The van der Waals surface area contributed by atoms with Gasteiger partial charge in [-0.05, 0) is 13.8 Å². The summed E-state index contributed by atoms with van der Waals surface area (Å²) in [6.07, 6.45) is 0. The molecule has 0 aromatic heterocycles. The molecule has 0 atom stereocenters. The van der Waals surface area contributed by atoms with E-state index in [-0.39, 0.29) is 0 Å². The standard InChI is InChI=1S/C14H22N2O4/c1-7-19-13(17)9-11(15(3)4)10(12(9)16(5)6)14(18)20-8-2/h7-8H2,1-6H3. The first kappa shape index (κ1) is 16.1. The van der Waals surface area contributed by atoms with E-state index in [0.717, 1.165) is 0 Å². The molecule has 0 spiro atoms. The maximum atomic E-state index is 12.1. The maximum absolute atomic E-state index is 12.1. The minimum atomic E-state index is -0.423. The number of carbonyl (C=O) groups is 2. The normalized spacial score (nSPS) is 13.9. The van der Waals surface area contributed by atoms with Gasteiger partial charge >= 0.3 is 11.9 Å². The maximum Gasteiger partial charge on any atom is 0.342 e. The molecule has 0 N–H and O–H groups in total. The highest BCUT2D eigenvalue weighted by atomic mass is 16.5. The van der Waals surface area contributed by atoms with E-state index in [1.165, 1.54) is 0 Å². The predicted molar refractivity (Wildman–Crippen MR) is 74.7 cm³/mol. The van der Waals surface area contributed by atoms with Gasteiger partial charge in [0.15, 0.2) is 0 Å². The Morgan fingerprint density at radius 3 is 1.30 bits per heavy atom. The summed E-state index contributed by atoms with van der Waals surface area (Å²) in [5.41, 5.74) is 1.96. The Kier molecular flexibility index (Phi) is 5.19. The van der Waals surface area contributed by atoms with E-state index < -0.39 is 11.9 Å². The minimum absolute atomic E-state index is 0.290. The number of hydrogen-bond donors (Lipinski definition) is 0. The lowest BCUT2D eigenvalue weighted by atomic mass is 9.88. The lowest BCUT2D eigenvalue weighted by Gasteiger charge is -2.35. The van der Waals surface area contributed by atoms with Crippen LogP contribution in [0.1, 0.15) is 13.8 Å². The molecule has 0 fully saturated rings. The molecule has 1 rings (SSSR count). The summed E-state index contributed by atoms with van der Waals surface area (Å²) in [6.45, 7) is 4.08. The highest BCUT2D eigenvalue weighted by Gasteiger charge is 2.41. The van der Waals surface area contributed by atoms with Gasteiger partial charge in [0, 0.05) is 28.2 Å². The number of carbonyl (C=O) groups excluding carboxylic acids is 2. The molecule has 0 amide bonds. The van der Waals surface area contributed by atoms with E-state index in [9.17, 15) is 9.59 Å². The average Bonchev–Trinajstić information content (AvgIpc) is 2.26. The van der Waals surface area contributed by atoms with Crippen molar-refractivity contribution in [1.82, 2.24) is 9.80 Å². The van der Waals surface area contributed by atoms with Gasteiger partial charge in [-0.2, -0.15) is 0 Å². The summed E-state index contributed by atoms with van der Waals surface area (Å²) in [5, 5.41) is 0. The molecule has 6 heteroatoms. The Morgan fingerprint density at radius 2 is 1.10 bits per heavy atom. The Morgan fingerprint density at radius 1 is 0.800 bits per heavy atom. The third kappa shape index (κ3) is 2.79. The van der Waals surface area contributed by atoms with Crippen molar-refractivity contribution >= 4 is 11.9 Å². The lowest BCUT2D eigenvalue weighted by molar-refractivity contribution is -0.139. The second-order valence-electron chi connectivity index (χ2n) is 4.68. The summed E-state index contributed by atoms with van der Waals surface area (Å²) in [5.74, 6) is -0.846. The quantitative estimate of drug-likeness (QED) is 0.670. The molecular weight excluding hydrogens is 260 g/mol. The van der Waals surface area contributed by atoms with E-state index in [1.807, 2.05) is 0 Å². The van der Waals surface area contributed by atoms with Gasteiger partial charge in [-0.3, -0.25) is 0 Å². The van der Waals surface area contributed by atoms with Gasteiger partial charge in [0.25, 0.3) is 0 Å². The van der Waals surface area contributed by atoms with Crippen LogP contribution in [0.25, 0.3) is 0 Å². The second-order valence-corrected chi connectivity index (χ2v) is 4.68. The molecule has 20 heavy (non-hydrogen) atoms. The Balaban J connectivity index is 3.24. The molecule has 112 valence electrons. The molecule has 1 aliphatic rings. The van der Waals surface area contributed by atoms with Crippen LogP contribution in [0.2, 0.25) is 0 Å². The fourth-order valence-electron chi connectivity index (χ4n) is 2.10. The van der Waals surface area contributed by atoms with Gasteiger partial charge in [-0.25, -0.2) is 9.59 Å². The predicted octanol–water partition coefficient (Wildman–Crippen LogP) is 0.758. The minimum Gasteiger partial charge on any atom is -0.462 e. The first-order chi connectivity index (χ1) is 9.36. The summed E-state index contributed by atoms with van der Waals surface area (Å²) >= 11 is 0. The van der Waals surface area contributed by atoms with E-state index in [0.29, 0.717) is 35.8 Å². The highest BCUT2D eigenvalue weighted by molar-refractivity contribution is 6.08. The molecule has 0 heterocycles. The largest absolute Gasteiger partial charge is 0.462 e. The Bertz CT molecular complexity index is 421. The molecule has 0 unspecified atom stereocenters. The molecule has 0 aromatic rings. The summed E-state index contributed by atoms with van der Waals surface area (Å²) < 4.78 is 10.1. The van der Waals surface area contributed by atoms with Crippen molar-refractivity contribution < 1.29 is 19.1 Å². The molecule has 6 nitrogen and oxygen atoms in total. The fourth-order valence-corrected chi connectivity index (χ4v) is 2.10. The van der Waals surface area contributed by atoms with E-state index in [1.54, 1.807) is 51.8 Å². The van der Waals surface area contributed by atoms with Crippen LogP contribution in [0.5, 0.6) is 0 Å². The number of ether oxygens (including phenoxy) is 2. The second kappa shape index (κ2) is 6.45. The monoisotopic (exact) mass is 282 g/mol. The van der Waals surface area contributed by atoms with Crippen molar-refractivity contribution in [2.75, 3.05) is 41.4 Å². The number of esters is 2. The van der Waals surface area contributed by atoms with Crippen molar-refractivity contribution in [3.05, 3.63) is 22.5 Å². The smallest absolute Gasteiger partial charge is 0.342 e. The van der Waals surface area contributed by atoms with Crippen molar-refractivity contribution in [3.8, 4) is 0 Å². The number of likely N-dealkylation sites (N-methyl/N-ethyl adjacent to an activating group) is 2. The van der Waals surface area contributed by atoms with Gasteiger partial charge < -0.3 is 19.3 Å². The zero-order valence-corrected chi connectivity index (χ0v) is 12.9. The van der Waals surface area contributed by atoms with Crippen LogP contribution < -0.4 is 0 Å². The number of hydrogen-bond acceptors (Lipinski definition) is 6. The third-order valence-corrected chi connectivity index (χ3v) is 2.80. The first-order valence-corrected chi connectivity index (χ1v) is 6.54. The number of rotatable bonds is 6. The van der Waals surface area contributed by atoms with Crippen molar-refractivity contribution in [1.29, 1.82) is 0 Å². The van der Waals surface area contributed by atoms with Gasteiger partial charge in [0.05, 0.1) is 24.6 Å². The van der Waals surface area contributed by atoms with E-state index >= 15 is 0 Å². The zero-order valence-electron chi connectivity index (χ0n) is 12.9. The van der Waals surface area contributed by atoms with Crippen molar-refractivity contribution in [2.24, 2.45) is 0 Å². The van der Waals surface area contributed by atoms with Crippen molar-refractivity contribution in [3.63, 3.8) is 0 Å². The SMILES string of the molecule is CCOC(=O)C1=C(N(C)C)C(C(=O)OCC)=C1N(C)C. The Hall–Kier alpha value is -1.98. The van der Waals surface area contributed by atoms with E-state index in [4.69, 9.17) is 9.47 Å². The highest BCUT2D eigenvalue weighted by Crippen LogP contribution is 2.39. The number of nitrogens with zero attached hydrogens (tertiary/aromatic N) is 2. The molecule has 0 bridgehead atoms. The zero-order chi connectivity index (χ0) is 15.4. The first-order valence-electron chi connectivity index (χ1n) is 6.54. The van der Waals surface area contributed by atoms with Crippen LogP contribution in [-0.2, 0) is 19.1 Å². The molecule has 0 saturated carbocycles. The van der Waals surface area contributed by atoms with E-state index in [2.05, 4.69) is 0 Å². The fraction of sp³-hybridized carbons (Fsp3) is 0.571. The van der Waals surface area contributed by atoms with Gasteiger partial charge in [-0.15, -0.1) is 0 Å². The topological polar surface area (TPSA) is 59.1 Å². The lowest BCUT2D eigenvalue weighted by Crippen LogP contribution is -2.38. The van der Waals surface area contributed by atoms with Gasteiger partial charge in [0.2, 0.25) is 0 Å². The summed E-state index contributed by atoms with van der Waals surface area (Å²) in [7, 11) is 7.11. The summed E-state index contributed by atoms with van der Waals surface area (Å²) in [6, 6.07) is 0. The van der Waals surface area contributed by atoms with Crippen LogP contribution in [-0.4, -0.2) is 63.1 Å². The van der Waals surface area contributed by atoms with Crippen molar-refractivity contribution in [2.45, 2.75) is 13.8 Å². The molecule has 0 aromatic carbocycles. The molecular formula is C14H22N2O4. The van der Waals surface area contributed by atoms with Crippen LogP contribution in [0.3, 0.4) is 0 Å². The molecule has 0 aliphatic heterocycles. The third-order valence-electron chi connectivity index (χ3n) is 2.80. The van der Waals surface area contributed by atoms with Crippen LogP contribution in [0, 0.1) is 0 Å². The average molecular weight is 282 g/mol. The van der Waals surface area contributed by atoms with Crippen LogP contribution in [0.15, 0.2) is 22.5 Å². The van der Waals surface area contributed by atoms with Gasteiger partial charge in [0.1, 0.15) is 11.1 Å². The molecule has 0 radical (unpaired) electrons. The summed E-state index contributed by atoms with van der Waals surface area (Å²) in [4.78, 5) is 27.6. The Labute approximate surface area is 119 Å². The van der Waals surface area contributed by atoms with Crippen LogP contribution >= 0.6 is 0 Å². The van der Waals surface area contributed by atoms with Crippen LogP contribution in [0.4, 0.5) is 0 Å².